The van der Waals surface area contributed by atoms with Gasteiger partial charge in [0.2, 0.25) is 0 Å². The number of urea groups is 1. The van der Waals surface area contributed by atoms with Gasteiger partial charge in [-0.25, -0.2) is 4.79 Å². The zero-order valence-electron chi connectivity index (χ0n) is 14.3. The zero-order chi connectivity index (χ0) is 18.8. The van der Waals surface area contributed by atoms with Gasteiger partial charge in [-0.15, -0.1) is 0 Å². The minimum atomic E-state index is -0.901. The number of amides is 2. The Morgan fingerprint density at radius 2 is 2.04 bits per heavy atom. The molecule has 0 aliphatic rings. The monoisotopic (exact) mass is 355 g/mol. The highest BCUT2D eigenvalue weighted by Gasteiger charge is 2.15. The summed E-state index contributed by atoms with van der Waals surface area (Å²) in [4.78, 5) is 23.1. The fourth-order valence-electron chi connectivity index (χ4n) is 2.48. The molecule has 1 aromatic carbocycles. The van der Waals surface area contributed by atoms with Crippen molar-refractivity contribution in [1.29, 1.82) is 5.26 Å². The Kier molecular flexibility index (Phi) is 7.18. The SMILES string of the molecule is N#CCCn1ccc(NC(=O)NC(CCC(=O)O)Cc2ccccc2)n1. The van der Waals surface area contributed by atoms with Gasteiger partial charge in [-0.3, -0.25) is 14.8 Å². The van der Waals surface area contributed by atoms with Crippen LogP contribution >= 0.6 is 0 Å². The molecule has 1 heterocycles. The summed E-state index contributed by atoms with van der Waals surface area (Å²) in [6.45, 7) is 0.453. The molecule has 1 atom stereocenters. The van der Waals surface area contributed by atoms with Crippen molar-refractivity contribution in [2.75, 3.05) is 5.32 Å². The lowest BCUT2D eigenvalue weighted by atomic mass is 10.0. The average molecular weight is 355 g/mol. The van der Waals surface area contributed by atoms with E-state index in [0.717, 1.165) is 5.56 Å². The lowest BCUT2D eigenvalue weighted by Crippen LogP contribution is -2.39. The lowest BCUT2D eigenvalue weighted by molar-refractivity contribution is -0.137. The second-order valence-corrected chi connectivity index (χ2v) is 5.79. The average Bonchev–Trinajstić information content (AvgIpc) is 3.06. The van der Waals surface area contributed by atoms with Crippen LogP contribution < -0.4 is 10.6 Å². The number of nitrogens with zero attached hydrogens (tertiary/aromatic N) is 3. The molecule has 2 amide bonds. The number of nitrogens with one attached hydrogen (secondary N) is 2. The van der Waals surface area contributed by atoms with Crippen LogP contribution in [0.1, 0.15) is 24.8 Å². The number of carboxylic acid groups (broad SMARTS) is 1. The second-order valence-electron chi connectivity index (χ2n) is 5.79. The van der Waals surface area contributed by atoms with Gasteiger partial charge >= 0.3 is 12.0 Å². The highest BCUT2D eigenvalue weighted by molar-refractivity contribution is 5.88. The van der Waals surface area contributed by atoms with E-state index in [1.165, 1.54) is 0 Å². The summed E-state index contributed by atoms with van der Waals surface area (Å²) in [7, 11) is 0. The van der Waals surface area contributed by atoms with E-state index >= 15 is 0 Å². The number of aromatic nitrogens is 2. The molecular formula is C18H21N5O3. The van der Waals surface area contributed by atoms with Crippen molar-refractivity contribution in [2.45, 2.75) is 38.3 Å². The number of carbonyl (C=O) groups excluding carboxylic acids is 1. The molecule has 0 bridgehead atoms. The van der Waals surface area contributed by atoms with E-state index in [4.69, 9.17) is 10.4 Å². The van der Waals surface area contributed by atoms with Crippen LogP contribution in [0.15, 0.2) is 42.6 Å². The Bertz CT molecular complexity index is 767. The first-order valence-corrected chi connectivity index (χ1v) is 8.30. The summed E-state index contributed by atoms with van der Waals surface area (Å²) < 4.78 is 1.57. The first kappa shape index (κ1) is 19.0. The van der Waals surface area contributed by atoms with Crippen LogP contribution in [0.3, 0.4) is 0 Å². The fourth-order valence-corrected chi connectivity index (χ4v) is 2.48. The van der Waals surface area contributed by atoms with Gasteiger partial charge in [-0.05, 0) is 18.4 Å². The highest BCUT2D eigenvalue weighted by atomic mass is 16.4. The van der Waals surface area contributed by atoms with Crippen LogP contribution in [0.2, 0.25) is 0 Å². The predicted octanol–water partition coefficient (Wildman–Crippen LogP) is 2.39. The molecule has 0 saturated carbocycles. The molecule has 0 aliphatic heterocycles. The smallest absolute Gasteiger partial charge is 0.320 e. The Hall–Kier alpha value is -3.34. The summed E-state index contributed by atoms with van der Waals surface area (Å²) in [6, 6.07) is 12.5. The molecule has 0 saturated heterocycles. The largest absolute Gasteiger partial charge is 0.481 e. The maximum atomic E-state index is 12.2. The Balaban J connectivity index is 1.93. The summed E-state index contributed by atoms with van der Waals surface area (Å²) in [6.07, 6.45) is 2.85. The number of carbonyl (C=O) groups is 2. The van der Waals surface area contributed by atoms with Crippen molar-refractivity contribution in [3.8, 4) is 6.07 Å². The number of hydrogen-bond acceptors (Lipinski definition) is 4. The normalized spacial score (nSPS) is 11.3. The maximum Gasteiger partial charge on any atom is 0.320 e. The number of anilines is 1. The maximum absolute atomic E-state index is 12.2. The number of aliphatic carboxylic acids is 1. The molecule has 0 fully saturated rings. The molecule has 3 N–H and O–H groups in total. The van der Waals surface area contributed by atoms with Crippen molar-refractivity contribution < 1.29 is 14.7 Å². The highest BCUT2D eigenvalue weighted by Crippen LogP contribution is 2.09. The van der Waals surface area contributed by atoms with Gasteiger partial charge in [-0.2, -0.15) is 10.4 Å². The molecule has 8 nitrogen and oxygen atoms in total. The standard InChI is InChI=1S/C18H21N5O3/c19-10-4-11-23-12-9-16(22-23)21-18(26)20-15(7-8-17(24)25)13-14-5-2-1-3-6-14/h1-3,5-6,9,12,15H,4,7-8,11,13H2,(H,24,25)(H2,20,21,22,26). The third-order valence-electron chi connectivity index (χ3n) is 3.70. The number of aryl methyl sites for hydroxylation is 1. The number of rotatable bonds is 9. The molecule has 26 heavy (non-hydrogen) atoms. The van der Waals surface area contributed by atoms with Crippen LogP contribution in [0.25, 0.3) is 0 Å². The van der Waals surface area contributed by atoms with E-state index in [1.807, 2.05) is 36.4 Å². The molecule has 0 spiro atoms. The second kappa shape index (κ2) is 9.84. The van der Waals surface area contributed by atoms with Crippen molar-refractivity contribution in [3.63, 3.8) is 0 Å². The molecular weight excluding hydrogens is 334 g/mol. The van der Waals surface area contributed by atoms with Gasteiger partial charge in [-0.1, -0.05) is 30.3 Å². The minimum absolute atomic E-state index is 0.0272. The first-order valence-electron chi connectivity index (χ1n) is 8.30. The lowest BCUT2D eigenvalue weighted by Gasteiger charge is -2.18. The zero-order valence-corrected chi connectivity index (χ0v) is 14.3. The van der Waals surface area contributed by atoms with Crippen molar-refractivity contribution in [3.05, 3.63) is 48.2 Å². The van der Waals surface area contributed by atoms with Gasteiger partial charge < -0.3 is 10.4 Å². The van der Waals surface area contributed by atoms with E-state index in [1.54, 1.807) is 16.9 Å². The molecule has 136 valence electrons. The van der Waals surface area contributed by atoms with E-state index in [9.17, 15) is 9.59 Å². The van der Waals surface area contributed by atoms with Crippen molar-refractivity contribution >= 4 is 17.8 Å². The van der Waals surface area contributed by atoms with Crippen LogP contribution in [-0.2, 0) is 17.8 Å². The van der Waals surface area contributed by atoms with E-state index in [2.05, 4.69) is 15.7 Å². The van der Waals surface area contributed by atoms with Gasteiger partial charge in [0.25, 0.3) is 0 Å². The predicted molar refractivity (Wildman–Crippen MR) is 95.4 cm³/mol. The number of nitriles is 1. The molecule has 0 radical (unpaired) electrons. The summed E-state index contributed by atoms with van der Waals surface area (Å²) in [5.41, 5.74) is 1.02. The summed E-state index contributed by atoms with van der Waals surface area (Å²) in [5.74, 6) is -0.529. The van der Waals surface area contributed by atoms with Gasteiger partial charge in [0.05, 0.1) is 19.0 Å². The van der Waals surface area contributed by atoms with Crippen LogP contribution in [-0.4, -0.2) is 32.9 Å². The fraction of sp³-hybridized carbons (Fsp3) is 0.333. The number of carboxylic acids is 1. The summed E-state index contributed by atoms with van der Waals surface area (Å²) in [5, 5.41) is 27.1. The quantitative estimate of drug-likeness (QED) is 0.638. The summed E-state index contributed by atoms with van der Waals surface area (Å²) >= 11 is 0. The number of benzene rings is 1. The Morgan fingerprint density at radius 1 is 1.27 bits per heavy atom. The Morgan fingerprint density at radius 3 is 2.73 bits per heavy atom. The van der Waals surface area contributed by atoms with Crippen LogP contribution in [0, 0.1) is 11.3 Å². The molecule has 0 aliphatic carbocycles. The van der Waals surface area contributed by atoms with Gasteiger partial charge in [0.1, 0.15) is 0 Å². The third kappa shape index (κ3) is 6.65. The molecule has 2 rings (SSSR count). The van der Waals surface area contributed by atoms with E-state index in [0.29, 0.717) is 31.6 Å². The van der Waals surface area contributed by atoms with Crippen molar-refractivity contribution in [1.82, 2.24) is 15.1 Å². The molecule has 2 aromatic rings. The molecule has 1 unspecified atom stereocenters. The van der Waals surface area contributed by atoms with E-state index < -0.39 is 12.0 Å². The van der Waals surface area contributed by atoms with Crippen LogP contribution in [0.5, 0.6) is 0 Å². The van der Waals surface area contributed by atoms with Crippen LogP contribution in [0.4, 0.5) is 10.6 Å². The molecule has 8 heteroatoms. The first-order chi connectivity index (χ1) is 12.6. The number of hydrogen-bond donors (Lipinski definition) is 3. The molecule has 1 aromatic heterocycles. The van der Waals surface area contributed by atoms with Gasteiger partial charge in [0, 0.05) is 24.7 Å². The van der Waals surface area contributed by atoms with Crippen molar-refractivity contribution in [2.24, 2.45) is 0 Å². The minimum Gasteiger partial charge on any atom is -0.481 e. The third-order valence-corrected chi connectivity index (χ3v) is 3.70. The topological polar surface area (TPSA) is 120 Å². The van der Waals surface area contributed by atoms with Gasteiger partial charge in [0.15, 0.2) is 5.82 Å². The Labute approximate surface area is 151 Å². The van der Waals surface area contributed by atoms with E-state index in [-0.39, 0.29) is 12.5 Å².